The van der Waals surface area contributed by atoms with Crippen LogP contribution in [0.2, 0.25) is 0 Å². The second-order valence-electron chi connectivity index (χ2n) is 4.06. The zero-order chi connectivity index (χ0) is 13.2. The second kappa shape index (κ2) is 4.76. The molecule has 3 nitrogen and oxygen atoms in total. The summed E-state index contributed by atoms with van der Waals surface area (Å²) in [6, 6.07) is 13.6. The largest absolute Gasteiger partial charge is 0.497 e. The molecule has 0 aliphatic heterocycles. The minimum absolute atomic E-state index is 0.769. The Bertz CT molecular complexity index is 823. The van der Waals surface area contributed by atoms with E-state index in [2.05, 4.69) is 15.1 Å². The van der Waals surface area contributed by atoms with Crippen LogP contribution in [0.3, 0.4) is 0 Å². The molecular formula is C15H10N2OS. The number of benzene rings is 2. The van der Waals surface area contributed by atoms with Crippen LogP contribution >= 0.6 is 12.2 Å². The number of ether oxygens (including phenoxy) is 1. The van der Waals surface area contributed by atoms with Crippen LogP contribution in [0.1, 0.15) is 0 Å². The van der Waals surface area contributed by atoms with Gasteiger partial charge in [-0.2, -0.15) is 4.99 Å². The lowest BCUT2D eigenvalue weighted by atomic mass is 10.1. The number of para-hydroxylation sites is 1. The number of pyridine rings is 1. The molecule has 0 saturated carbocycles. The number of hydrogen-bond acceptors (Lipinski definition) is 4. The molecule has 0 atom stereocenters. The fourth-order valence-electron chi connectivity index (χ4n) is 2.14. The lowest BCUT2D eigenvalue weighted by Gasteiger charge is -2.07. The number of fused-ring (bicyclic) bond motifs is 2. The average molecular weight is 266 g/mol. The molecule has 3 rings (SSSR count). The van der Waals surface area contributed by atoms with Gasteiger partial charge in [-0.1, -0.05) is 18.2 Å². The molecule has 2 aromatic carbocycles. The zero-order valence-electron chi connectivity index (χ0n) is 10.3. The number of nitrogens with zero attached hydrogens (tertiary/aromatic N) is 2. The van der Waals surface area contributed by atoms with E-state index in [0.717, 1.165) is 33.2 Å². The Morgan fingerprint density at radius 3 is 2.68 bits per heavy atom. The van der Waals surface area contributed by atoms with Crippen LogP contribution in [0.4, 0.5) is 5.69 Å². The quantitative estimate of drug-likeness (QED) is 0.397. The van der Waals surface area contributed by atoms with E-state index in [-0.39, 0.29) is 0 Å². The maximum absolute atomic E-state index is 5.25. The van der Waals surface area contributed by atoms with Gasteiger partial charge in [0.15, 0.2) is 0 Å². The predicted molar refractivity (Wildman–Crippen MR) is 80.5 cm³/mol. The molecule has 3 aromatic rings. The predicted octanol–water partition coefficient (Wildman–Crippen LogP) is 4.13. The first-order chi connectivity index (χ1) is 9.33. The first-order valence-corrected chi connectivity index (χ1v) is 6.18. The van der Waals surface area contributed by atoms with Crippen LogP contribution in [0, 0.1) is 0 Å². The third-order valence-corrected chi connectivity index (χ3v) is 3.11. The normalized spacial score (nSPS) is 10.4. The van der Waals surface area contributed by atoms with E-state index >= 15 is 0 Å². The molecule has 0 aliphatic carbocycles. The minimum atomic E-state index is 0.769. The fourth-order valence-corrected chi connectivity index (χ4v) is 2.23. The van der Waals surface area contributed by atoms with E-state index < -0.39 is 0 Å². The van der Waals surface area contributed by atoms with Crippen LogP contribution in [-0.4, -0.2) is 17.3 Å². The molecule has 1 aromatic heterocycles. The Hall–Kier alpha value is -2.29. The van der Waals surface area contributed by atoms with E-state index in [1.54, 1.807) is 7.11 Å². The van der Waals surface area contributed by atoms with Gasteiger partial charge in [-0.3, -0.25) is 0 Å². The molecule has 1 heterocycles. The lowest BCUT2D eigenvalue weighted by Crippen LogP contribution is -1.87. The van der Waals surface area contributed by atoms with Gasteiger partial charge in [0.25, 0.3) is 0 Å². The number of methoxy groups -OCH3 is 1. The highest BCUT2D eigenvalue weighted by molar-refractivity contribution is 7.78. The highest BCUT2D eigenvalue weighted by Crippen LogP contribution is 2.34. The number of aliphatic imine (C=N–C) groups is 1. The Kier molecular flexibility index (Phi) is 2.95. The lowest BCUT2D eigenvalue weighted by molar-refractivity contribution is 0.415. The van der Waals surface area contributed by atoms with Crippen molar-refractivity contribution < 1.29 is 4.74 Å². The molecule has 19 heavy (non-hydrogen) atoms. The average Bonchev–Trinajstić information content (AvgIpc) is 2.47. The van der Waals surface area contributed by atoms with Gasteiger partial charge in [0.05, 0.1) is 29.0 Å². The summed E-state index contributed by atoms with van der Waals surface area (Å²) in [6.07, 6.45) is 0. The topological polar surface area (TPSA) is 34.5 Å². The number of rotatable bonds is 2. The van der Waals surface area contributed by atoms with Crippen molar-refractivity contribution in [2.24, 2.45) is 4.99 Å². The summed E-state index contributed by atoms with van der Waals surface area (Å²) in [5.41, 5.74) is 2.54. The van der Waals surface area contributed by atoms with Gasteiger partial charge in [-0.15, -0.1) is 0 Å². The smallest absolute Gasteiger partial charge is 0.119 e. The molecule has 0 fully saturated rings. The molecule has 0 bridgehead atoms. The first-order valence-electron chi connectivity index (χ1n) is 5.78. The Morgan fingerprint density at radius 1 is 1.11 bits per heavy atom. The van der Waals surface area contributed by atoms with Crippen LogP contribution in [0.25, 0.3) is 21.8 Å². The Balaban J connectivity index is 2.52. The molecule has 0 aliphatic rings. The van der Waals surface area contributed by atoms with Crippen molar-refractivity contribution in [2.75, 3.05) is 7.11 Å². The molecule has 92 valence electrons. The molecule has 0 spiro atoms. The third kappa shape index (κ3) is 1.97. The fraction of sp³-hybridized carbons (Fsp3) is 0.0667. The van der Waals surface area contributed by atoms with Crippen molar-refractivity contribution in [1.29, 1.82) is 0 Å². The summed E-state index contributed by atoms with van der Waals surface area (Å²) in [5.74, 6) is 0.769. The maximum atomic E-state index is 5.25. The van der Waals surface area contributed by atoms with Gasteiger partial charge in [0.1, 0.15) is 5.75 Å². The van der Waals surface area contributed by atoms with Crippen LogP contribution in [-0.2, 0) is 0 Å². The van der Waals surface area contributed by atoms with Crippen molar-refractivity contribution in [3.63, 3.8) is 0 Å². The molecule has 0 saturated heterocycles. The van der Waals surface area contributed by atoms with Crippen molar-refractivity contribution in [1.82, 2.24) is 4.98 Å². The van der Waals surface area contributed by atoms with Crippen LogP contribution in [0.5, 0.6) is 5.75 Å². The van der Waals surface area contributed by atoms with Gasteiger partial charge in [-0.05, 0) is 36.5 Å². The molecule has 0 unspecified atom stereocenters. The van der Waals surface area contributed by atoms with Crippen LogP contribution < -0.4 is 4.74 Å². The van der Waals surface area contributed by atoms with Gasteiger partial charge in [0, 0.05) is 10.8 Å². The van der Waals surface area contributed by atoms with E-state index in [1.165, 1.54) is 0 Å². The minimum Gasteiger partial charge on any atom is -0.497 e. The van der Waals surface area contributed by atoms with Gasteiger partial charge in [-0.25, -0.2) is 4.98 Å². The van der Waals surface area contributed by atoms with E-state index in [0.29, 0.717) is 0 Å². The van der Waals surface area contributed by atoms with E-state index in [1.807, 2.05) is 42.5 Å². The Labute approximate surface area is 115 Å². The summed E-state index contributed by atoms with van der Waals surface area (Å²) in [5, 5.41) is 4.32. The maximum Gasteiger partial charge on any atom is 0.119 e. The Morgan fingerprint density at radius 2 is 1.89 bits per heavy atom. The molecular weight excluding hydrogens is 256 g/mol. The summed E-state index contributed by atoms with van der Waals surface area (Å²) in [4.78, 5) is 8.83. The molecule has 0 N–H and O–H groups in total. The third-order valence-electron chi connectivity index (χ3n) is 3.02. The standard InChI is InChI=1S/C15H10N2OS/c1-18-10-6-7-14-12(8-10)15(16-9-19)11-4-2-3-5-13(11)17-14/h2-8H,1H3. The number of thiocarbonyl (C=S) groups is 1. The number of isothiocyanates is 1. The zero-order valence-corrected chi connectivity index (χ0v) is 11.1. The van der Waals surface area contributed by atoms with Gasteiger partial charge in [0.2, 0.25) is 0 Å². The number of hydrogen-bond donors (Lipinski definition) is 0. The first kappa shape index (κ1) is 11.8. The summed E-state index contributed by atoms with van der Waals surface area (Å²) in [7, 11) is 1.64. The second-order valence-corrected chi connectivity index (χ2v) is 4.25. The van der Waals surface area contributed by atoms with Crippen LogP contribution in [0.15, 0.2) is 47.5 Å². The summed E-state index contributed by atoms with van der Waals surface area (Å²) >= 11 is 4.75. The molecule has 0 radical (unpaired) electrons. The SMILES string of the molecule is COc1ccc2nc3ccccc3c(N=C=S)c2c1. The highest BCUT2D eigenvalue weighted by Gasteiger charge is 2.08. The number of aromatic nitrogens is 1. The van der Waals surface area contributed by atoms with Gasteiger partial charge < -0.3 is 4.74 Å². The highest BCUT2D eigenvalue weighted by atomic mass is 32.1. The van der Waals surface area contributed by atoms with E-state index in [9.17, 15) is 0 Å². The van der Waals surface area contributed by atoms with Crippen molar-refractivity contribution in [3.8, 4) is 5.75 Å². The van der Waals surface area contributed by atoms with Gasteiger partial charge >= 0.3 is 0 Å². The summed E-state index contributed by atoms with van der Waals surface area (Å²) in [6.45, 7) is 0. The van der Waals surface area contributed by atoms with Crippen molar-refractivity contribution in [2.45, 2.75) is 0 Å². The van der Waals surface area contributed by atoms with E-state index in [4.69, 9.17) is 17.0 Å². The van der Waals surface area contributed by atoms with Crippen molar-refractivity contribution in [3.05, 3.63) is 42.5 Å². The molecule has 4 heteroatoms. The molecule has 0 amide bonds. The summed E-state index contributed by atoms with van der Waals surface area (Å²) < 4.78 is 5.25. The van der Waals surface area contributed by atoms with Crippen molar-refractivity contribution >= 4 is 44.9 Å². The monoisotopic (exact) mass is 266 g/mol.